The Kier molecular flexibility index (Phi) is 4.16. The van der Waals surface area contributed by atoms with Crippen molar-refractivity contribution in [2.45, 2.75) is 38.5 Å². The maximum Gasteiger partial charge on any atom is 0.241 e. The molecule has 0 saturated carbocycles. The molecule has 0 aliphatic carbocycles. The molecular formula is C12H20N4OS. The topological polar surface area (TPSA) is 72.9 Å². The molecule has 0 radical (unpaired) electrons. The number of hydrogen-bond donors (Lipinski definition) is 2. The van der Waals surface area contributed by atoms with Gasteiger partial charge in [0.2, 0.25) is 5.91 Å². The number of hydrogen-bond acceptors (Lipinski definition) is 4. The van der Waals surface area contributed by atoms with E-state index in [4.69, 9.17) is 5.73 Å². The summed E-state index contributed by atoms with van der Waals surface area (Å²) < 4.78 is 1.67. The second-order valence-corrected chi connectivity index (χ2v) is 6.09. The molecule has 18 heavy (non-hydrogen) atoms. The zero-order valence-electron chi connectivity index (χ0n) is 10.9. The summed E-state index contributed by atoms with van der Waals surface area (Å²) in [5.41, 5.74) is 8.15. The zero-order chi connectivity index (χ0) is 13.1. The van der Waals surface area contributed by atoms with Gasteiger partial charge in [0, 0.05) is 11.8 Å². The fraction of sp³-hybridized carbons (Fsp3) is 0.667. The van der Waals surface area contributed by atoms with Gasteiger partial charge in [-0.05, 0) is 32.4 Å². The number of nitrogens with two attached hydrogens (primary N) is 1. The van der Waals surface area contributed by atoms with E-state index in [0.29, 0.717) is 10.9 Å². The summed E-state index contributed by atoms with van der Waals surface area (Å²) in [6.07, 6.45) is 2.47. The van der Waals surface area contributed by atoms with Crippen molar-refractivity contribution in [2.75, 3.05) is 18.0 Å². The van der Waals surface area contributed by atoms with Crippen LogP contribution in [0, 0.1) is 13.8 Å². The smallest absolute Gasteiger partial charge is 0.241 e. The van der Waals surface area contributed by atoms with E-state index in [1.54, 1.807) is 4.68 Å². The summed E-state index contributed by atoms with van der Waals surface area (Å²) in [6.45, 7) is 4.75. The molecule has 100 valence electrons. The normalized spacial score (nSPS) is 19.1. The summed E-state index contributed by atoms with van der Waals surface area (Å²) in [5, 5.41) is 7.81. The number of carbonyl (C=O) groups is 1. The molecule has 5 nitrogen and oxygen atoms in total. The molecule has 0 bridgehead atoms. The van der Waals surface area contributed by atoms with Gasteiger partial charge >= 0.3 is 0 Å². The molecule has 3 N–H and O–H groups in total. The van der Waals surface area contributed by atoms with Gasteiger partial charge in [-0.25, -0.2) is 0 Å². The Morgan fingerprint density at radius 1 is 1.61 bits per heavy atom. The molecule has 1 unspecified atom stereocenters. The van der Waals surface area contributed by atoms with Crippen LogP contribution in [0.5, 0.6) is 0 Å². The Balaban J connectivity index is 1.84. The van der Waals surface area contributed by atoms with Crippen LogP contribution in [0.25, 0.3) is 0 Å². The minimum absolute atomic E-state index is 0.00750. The van der Waals surface area contributed by atoms with Crippen molar-refractivity contribution in [3.8, 4) is 0 Å². The van der Waals surface area contributed by atoms with E-state index < -0.39 is 0 Å². The van der Waals surface area contributed by atoms with E-state index in [2.05, 4.69) is 10.4 Å². The second-order valence-electron chi connectivity index (χ2n) is 4.68. The van der Waals surface area contributed by atoms with Gasteiger partial charge in [0.1, 0.15) is 6.54 Å². The van der Waals surface area contributed by atoms with Gasteiger partial charge in [-0.1, -0.05) is 0 Å². The number of nitrogens with zero attached hydrogens (tertiary/aromatic N) is 2. The summed E-state index contributed by atoms with van der Waals surface area (Å²) >= 11 is 1.94. The first-order valence-corrected chi connectivity index (χ1v) is 7.30. The number of anilines is 1. The monoisotopic (exact) mass is 268 g/mol. The molecule has 1 aliphatic heterocycles. The Morgan fingerprint density at radius 2 is 2.39 bits per heavy atom. The molecule has 1 atom stereocenters. The molecule has 1 aromatic rings. The number of rotatable bonds is 4. The summed E-state index contributed by atoms with van der Waals surface area (Å²) in [7, 11) is 0. The third-order valence-electron chi connectivity index (χ3n) is 3.28. The predicted octanol–water partition coefficient (Wildman–Crippen LogP) is 1.09. The van der Waals surface area contributed by atoms with E-state index in [9.17, 15) is 4.79 Å². The highest BCUT2D eigenvalue weighted by atomic mass is 32.2. The van der Waals surface area contributed by atoms with Gasteiger partial charge < -0.3 is 11.1 Å². The Hall–Kier alpha value is -1.17. The third kappa shape index (κ3) is 2.98. The Labute approximate surface area is 111 Å². The Morgan fingerprint density at radius 3 is 2.94 bits per heavy atom. The van der Waals surface area contributed by atoms with E-state index in [0.717, 1.165) is 17.9 Å². The van der Waals surface area contributed by atoms with Crippen molar-refractivity contribution >= 4 is 23.4 Å². The summed E-state index contributed by atoms with van der Waals surface area (Å²) in [6, 6.07) is 0. The molecule has 1 saturated heterocycles. The van der Waals surface area contributed by atoms with Gasteiger partial charge in [-0.2, -0.15) is 16.9 Å². The molecule has 1 fully saturated rings. The van der Waals surface area contributed by atoms with Crippen LogP contribution in [-0.2, 0) is 11.3 Å². The number of nitrogens with one attached hydrogen (secondary N) is 1. The fourth-order valence-corrected chi connectivity index (χ4v) is 3.29. The molecule has 1 amide bonds. The van der Waals surface area contributed by atoms with Crippen molar-refractivity contribution in [3.63, 3.8) is 0 Å². The number of amides is 1. The quantitative estimate of drug-likeness (QED) is 0.857. The fourth-order valence-electron chi connectivity index (χ4n) is 2.09. The first-order valence-electron chi connectivity index (χ1n) is 6.25. The van der Waals surface area contributed by atoms with Crippen molar-refractivity contribution in [1.29, 1.82) is 0 Å². The van der Waals surface area contributed by atoms with Crippen LogP contribution < -0.4 is 11.1 Å². The van der Waals surface area contributed by atoms with Crippen molar-refractivity contribution in [3.05, 3.63) is 11.4 Å². The molecular weight excluding hydrogens is 248 g/mol. The lowest BCUT2D eigenvalue weighted by Crippen LogP contribution is -2.33. The number of aryl methyl sites for hydroxylation is 1. The summed E-state index contributed by atoms with van der Waals surface area (Å²) in [4.78, 5) is 11.8. The zero-order valence-corrected chi connectivity index (χ0v) is 11.7. The van der Waals surface area contributed by atoms with Crippen LogP contribution in [0.4, 0.5) is 5.69 Å². The minimum Gasteiger partial charge on any atom is -0.396 e. The lowest BCUT2D eigenvalue weighted by Gasteiger charge is -2.10. The second kappa shape index (κ2) is 5.65. The van der Waals surface area contributed by atoms with E-state index in [1.165, 1.54) is 18.6 Å². The van der Waals surface area contributed by atoms with Crippen molar-refractivity contribution in [2.24, 2.45) is 0 Å². The maximum atomic E-state index is 11.8. The molecule has 0 spiro atoms. The number of nitrogen functional groups attached to an aromatic ring is 1. The van der Waals surface area contributed by atoms with Crippen LogP contribution in [0.1, 0.15) is 24.2 Å². The third-order valence-corrected chi connectivity index (χ3v) is 4.68. The molecule has 6 heteroatoms. The largest absolute Gasteiger partial charge is 0.396 e. The highest BCUT2D eigenvalue weighted by molar-refractivity contribution is 8.00. The molecule has 2 rings (SSSR count). The molecule has 1 aromatic heterocycles. The lowest BCUT2D eigenvalue weighted by molar-refractivity contribution is -0.121. The minimum atomic E-state index is 0.00750. The number of aromatic nitrogens is 2. The standard InChI is InChI=1S/C12H20N4OS/c1-8-12(13)9(2)16(15-8)7-11(17)14-6-10-4-3-5-18-10/h10H,3-7,13H2,1-2H3,(H,14,17). The average molecular weight is 268 g/mol. The van der Waals surface area contributed by atoms with E-state index in [-0.39, 0.29) is 12.5 Å². The Bertz CT molecular complexity index is 438. The van der Waals surface area contributed by atoms with Gasteiger partial charge in [0.05, 0.1) is 17.1 Å². The van der Waals surface area contributed by atoms with Gasteiger partial charge in [-0.3, -0.25) is 9.48 Å². The highest BCUT2D eigenvalue weighted by Gasteiger charge is 2.17. The molecule has 1 aliphatic rings. The highest BCUT2D eigenvalue weighted by Crippen LogP contribution is 2.25. The van der Waals surface area contributed by atoms with Crippen LogP contribution >= 0.6 is 11.8 Å². The number of carbonyl (C=O) groups excluding carboxylic acids is 1. The first-order chi connectivity index (χ1) is 8.58. The maximum absolute atomic E-state index is 11.8. The van der Waals surface area contributed by atoms with Crippen LogP contribution in [0.3, 0.4) is 0 Å². The van der Waals surface area contributed by atoms with Crippen molar-refractivity contribution < 1.29 is 4.79 Å². The average Bonchev–Trinajstić information content (AvgIpc) is 2.93. The van der Waals surface area contributed by atoms with E-state index >= 15 is 0 Å². The van der Waals surface area contributed by atoms with Gasteiger partial charge in [0.25, 0.3) is 0 Å². The van der Waals surface area contributed by atoms with Crippen LogP contribution in [-0.4, -0.2) is 33.2 Å². The summed E-state index contributed by atoms with van der Waals surface area (Å²) in [5.74, 6) is 1.22. The van der Waals surface area contributed by atoms with Crippen molar-refractivity contribution in [1.82, 2.24) is 15.1 Å². The van der Waals surface area contributed by atoms with Crippen LogP contribution in [0.2, 0.25) is 0 Å². The molecule has 0 aromatic carbocycles. The lowest BCUT2D eigenvalue weighted by atomic mass is 10.2. The van der Waals surface area contributed by atoms with Crippen LogP contribution in [0.15, 0.2) is 0 Å². The van der Waals surface area contributed by atoms with Gasteiger partial charge in [-0.15, -0.1) is 0 Å². The molecule has 2 heterocycles. The predicted molar refractivity (Wildman–Crippen MR) is 74.6 cm³/mol. The SMILES string of the molecule is Cc1nn(CC(=O)NCC2CCCS2)c(C)c1N. The van der Waals surface area contributed by atoms with Gasteiger partial charge in [0.15, 0.2) is 0 Å². The number of thioether (sulfide) groups is 1. The first kappa shape index (κ1) is 13.3. The van der Waals surface area contributed by atoms with E-state index in [1.807, 2.05) is 25.6 Å².